The highest BCUT2D eigenvalue weighted by atomic mass is 32.2. The van der Waals surface area contributed by atoms with Gasteiger partial charge in [-0.2, -0.15) is 4.31 Å². The molecule has 1 saturated heterocycles. The highest BCUT2D eigenvalue weighted by Gasteiger charge is 2.30. The Kier molecular flexibility index (Phi) is 5.09. The first-order valence-corrected chi connectivity index (χ1v) is 9.27. The molecule has 0 aliphatic carbocycles. The van der Waals surface area contributed by atoms with E-state index < -0.39 is 10.0 Å². The summed E-state index contributed by atoms with van der Waals surface area (Å²) < 4.78 is 30.2. The van der Waals surface area contributed by atoms with Crippen LogP contribution in [-0.2, 0) is 16.6 Å². The second kappa shape index (κ2) is 6.52. The van der Waals surface area contributed by atoms with Crippen LogP contribution in [0.5, 0.6) is 5.88 Å². The summed E-state index contributed by atoms with van der Waals surface area (Å²) >= 11 is 0. The number of nitrogens with zero attached hydrogens (tertiary/aromatic N) is 3. The van der Waals surface area contributed by atoms with Gasteiger partial charge in [-0.25, -0.2) is 13.4 Å². The Morgan fingerprint density at radius 1 is 1.36 bits per heavy atom. The molecule has 0 bridgehead atoms. The fourth-order valence-electron chi connectivity index (χ4n) is 3.04. The third-order valence-corrected chi connectivity index (χ3v) is 5.59. The minimum Gasteiger partial charge on any atom is -0.481 e. The van der Waals surface area contributed by atoms with Crippen molar-refractivity contribution < 1.29 is 13.2 Å². The third kappa shape index (κ3) is 3.77. The Hall–Kier alpha value is -1.18. The molecule has 0 amide bonds. The number of aryl methyl sites for hydroxylation is 2. The van der Waals surface area contributed by atoms with Crippen molar-refractivity contribution in [3.05, 3.63) is 22.9 Å². The van der Waals surface area contributed by atoms with E-state index in [1.165, 1.54) is 11.8 Å². The molecule has 1 fully saturated rings. The van der Waals surface area contributed by atoms with Crippen LogP contribution in [0.4, 0.5) is 0 Å². The van der Waals surface area contributed by atoms with E-state index in [9.17, 15) is 8.42 Å². The quantitative estimate of drug-likeness (QED) is 0.831. The van der Waals surface area contributed by atoms with Crippen LogP contribution in [-0.4, -0.2) is 61.6 Å². The predicted molar refractivity (Wildman–Crippen MR) is 86.6 cm³/mol. The lowest BCUT2D eigenvalue weighted by atomic mass is 10.1. The Labute approximate surface area is 133 Å². The van der Waals surface area contributed by atoms with Crippen molar-refractivity contribution in [3.8, 4) is 5.88 Å². The molecule has 0 saturated carbocycles. The molecule has 1 aliphatic heterocycles. The lowest BCUT2D eigenvalue weighted by molar-refractivity contribution is 0.138. The van der Waals surface area contributed by atoms with Crippen LogP contribution in [0.1, 0.15) is 23.7 Å². The van der Waals surface area contributed by atoms with Gasteiger partial charge < -0.3 is 4.74 Å². The van der Waals surface area contributed by atoms with Gasteiger partial charge in [0, 0.05) is 44.0 Å². The molecular formula is C15H25N3O3S. The zero-order valence-corrected chi connectivity index (χ0v) is 14.8. The molecule has 0 unspecified atom stereocenters. The van der Waals surface area contributed by atoms with E-state index in [0.717, 1.165) is 30.9 Å². The van der Waals surface area contributed by atoms with Crippen molar-refractivity contribution in [2.24, 2.45) is 0 Å². The zero-order valence-electron chi connectivity index (χ0n) is 14.0. The van der Waals surface area contributed by atoms with Crippen molar-refractivity contribution in [2.45, 2.75) is 33.4 Å². The van der Waals surface area contributed by atoms with Crippen LogP contribution < -0.4 is 4.74 Å². The maximum absolute atomic E-state index is 11.7. The number of pyridine rings is 1. The van der Waals surface area contributed by atoms with Gasteiger partial charge >= 0.3 is 0 Å². The van der Waals surface area contributed by atoms with Crippen LogP contribution in [0.2, 0.25) is 0 Å². The van der Waals surface area contributed by atoms with Gasteiger partial charge in [-0.3, -0.25) is 4.90 Å². The van der Waals surface area contributed by atoms with Crippen molar-refractivity contribution in [2.75, 3.05) is 33.0 Å². The molecule has 1 aromatic heterocycles. The number of piperazine rings is 1. The van der Waals surface area contributed by atoms with Crippen molar-refractivity contribution in [3.63, 3.8) is 0 Å². The Morgan fingerprint density at radius 2 is 2.05 bits per heavy atom. The largest absolute Gasteiger partial charge is 0.481 e. The number of methoxy groups -OCH3 is 1. The summed E-state index contributed by atoms with van der Waals surface area (Å²) in [6.45, 7) is 8.81. The summed E-state index contributed by atoms with van der Waals surface area (Å²) in [7, 11) is -1.50. The number of hydrogen-bond donors (Lipinski definition) is 0. The van der Waals surface area contributed by atoms with Gasteiger partial charge in [0.25, 0.3) is 0 Å². The standard InChI is InChI=1S/C15H25N3O3S/c1-11-8-15(21-4)16-13(3)14(11)10-17-6-7-18(12(2)9-17)22(5,19)20/h8,12H,6-7,9-10H2,1-5H3/t12-/m0/s1. The lowest BCUT2D eigenvalue weighted by Crippen LogP contribution is -2.53. The number of rotatable bonds is 4. The Morgan fingerprint density at radius 3 is 2.55 bits per heavy atom. The minimum absolute atomic E-state index is 0.00410. The van der Waals surface area contributed by atoms with Crippen molar-refractivity contribution >= 4 is 10.0 Å². The molecule has 2 rings (SSSR count). The molecule has 0 spiro atoms. The lowest BCUT2D eigenvalue weighted by Gasteiger charge is -2.38. The number of aromatic nitrogens is 1. The molecule has 124 valence electrons. The van der Waals surface area contributed by atoms with Crippen LogP contribution in [0.3, 0.4) is 0 Å². The first kappa shape index (κ1) is 17.2. The van der Waals surface area contributed by atoms with Gasteiger partial charge in [0.15, 0.2) is 0 Å². The molecule has 2 heterocycles. The third-order valence-electron chi connectivity index (χ3n) is 4.20. The summed E-state index contributed by atoms with van der Waals surface area (Å²) in [4.78, 5) is 6.72. The highest BCUT2D eigenvalue weighted by molar-refractivity contribution is 7.88. The normalized spacial score (nSPS) is 21.0. The molecule has 1 aliphatic rings. The van der Waals surface area contributed by atoms with Gasteiger partial charge in [-0.05, 0) is 31.9 Å². The van der Waals surface area contributed by atoms with Crippen LogP contribution in [0.25, 0.3) is 0 Å². The van der Waals surface area contributed by atoms with E-state index >= 15 is 0 Å². The maximum Gasteiger partial charge on any atom is 0.213 e. The zero-order chi connectivity index (χ0) is 16.5. The van der Waals surface area contributed by atoms with Crippen LogP contribution in [0, 0.1) is 13.8 Å². The number of ether oxygens (including phenoxy) is 1. The van der Waals surface area contributed by atoms with Gasteiger partial charge in [-0.1, -0.05) is 0 Å². The van der Waals surface area contributed by atoms with E-state index in [2.05, 4.69) is 16.8 Å². The van der Waals surface area contributed by atoms with Gasteiger partial charge in [-0.15, -0.1) is 0 Å². The Bertz CT molecular complexity index is 622. The molecule has 1 atom stereocenters. The molecule has 0 N–H and O–H groups in total. The first-order chi connectivity index (χ1) is 10.2. The molecule has 0 aromatic carbocycles. The summed E-state index contributed by atoms with van der Waals surface area (Å²) in [5.74, 6) is 0.633. The summed E-state index contributed by atoms with van der Waals surface area (Å²) in [6, 6.07) is 1.94. The molecule has 22 heavy (non-hydrogen) atoms. The van der Waals surface area contributed by atoms with Crippen LogP contribution in [0.15, 0.2) is 6.07 Å². The highest BCUT2D eigenvalue weighted by Crippen LogP contribution is 2.21. The van der Waals surface area contributed by atoms with E-state index in [-0.39, 0.29) is 6.04 Å². The van der Waals surface area contributed by atoms with Crippen molar-refractivity contribution in [1.29, 1.82) is 0 Å². The van der Waals surface area contributed by atoms with E-state index in [1.54, 1.807) is 11.4 Å². The molecular weight excluding hydrogens is 302 g/mol. The monoisotopic (exact) mass is 327 g/mol. The first-order valence-electron chi connectivity index (χ1n) is 7.42. The van der Waals surface area contributed by atoms with Crippen molar-refractivity contribution in [1.82, 2.24) is 14.2 Å². The summed E-state index contributed by atoms with van der Waals surface area (Å²) in [5, 5.41) is 0. The van der Waals surface area contributed by atoms with Gasteiger partial charge in [0.05, 0.1) is 13.4 Å². The Balaban J connectivity index is 2.11. The second-order valence-electron chi connectivity index (χ2n) is 6.00. The summed E-state index contributed by atoms with van der Waals surface area (Å²) in [5.41, 5.74) is 3.32. The van der Waals surface area contributed by atoms with Gasteiger partial charge in [0.2, 0.25) is 15.9 Å². The molecule has 0 radical (unpaired) electrons. The predicted octanol–water partition coefficient (Wildman–Crippen LogP) is 1.17. The second-order valence-corrected chi connectivity index (χ2v) is 7.94. The SMILES string of the molecule is COc1cc(C)c(CN2CCN(S(C)(=O)=O)[C@@H](C)C2)c(C)n1. The van der Waals surface area contributed by atoms with Crippen LogP contribution >= 0.6 is 0 Å². The van der Waals surface area contributed by atoms with Gasteiger partial charge in [0.1, 0.15) is 0 Å². The topological polar surface area (TPSA) is 62.7 Å². The average Bonchev–Trinajstić information content (AvgIpc) is 2.41. The average molecular weight is 327 g/mol. The number of hydrogen-bond acceptors (Lipinski definition) is 5. The van der Waals surface area contributed by atoms with E-state index in [4.69, 9.17) is 4.74 Å². The number of sulfonamides is 1. The molecule has 6 nitrogen and oxygen atoms in total. The fraction of sp³-hybridized carbons (Fsp3) is 0.667. The maximum atomic E-state index is 11.7. The van der Waals surface area contributed by atoms with E-state index in [0.29, 0.717) is 12.4 Å². The molecule has 7 heteroatoms. The minimum atomic E-state index is -3.12. The fourth-order valence-corrected chi connectivity index (χ4v) is 4.18. The smallest absolute Gasteiger partial charge is 0.213 e. The summed E-state index contributed by atoms with van der Waals surface area (Å²) in [6.07, 6.45) is 1.28. The van der Waals surface area contributed by atoms with E-state index in [1.807, 2.05) is 19.9 Å². The molecule has 1 aromatic rings.